The van der Waals surface area contributed by atoms with Crippen molar-refractivity contribution in [2.75, 3.05) is 0 Å². The highest BCUT2D eigenvalue weighted by molar-refractivity contribution is 5.96. The summed E-state index contributed by atoms with van der Waals surface area (Å²) in [4.78, 5) is 22.8. The minimum absolute atomic E-state index is 0.0293. The van der Waals surface area contributed by atoms with E-state index in [1.165, 1.54) is 18.2 Å². The molecule has 0 radical (unpaired) electrons. The highest BCUT2D eigenvalue weighted by Crippen LogP contribution is 2.34. The Morgan fingerprint density at radius 3 is 1.27 bits per heavy atom. The molecule has 0 saturated carbocycles. The van der Waals surface area contributed by atoms with Crippen molar-refractivity contribution in [1.29, 1.82) is 0 Å². The molecule has 4 heteroatoms. The molecule has 4 nitrogen and oxygen atoms in total. The van der Waals surface area contributed by atoms with Gasteiger partial charge in [-0.05, 0) is 51.3 Å². The minimum Gasteiger partial charge on any atom is -0.478 e. The van der Waals surface area contributed by atoms with Crippen LogP contribution in [0.2, 0.25) is 0 Å². The van der Waals surface area contributed by atoms with Crippen LogP contribution in [0.4, 0.5) is 0 Å². The summed E-state index contributed by atoms with van der Waals surface area (Å²) in [6.45, 7) is 12.7. The molecule has 0 heterocycles. The van der Waals surface area contributed by atoms with Gasteiger partial charge in [-0.25, -0.2) is 9.59 Å². The van der Waals surface area contributed by atoms with E-state index in [-0.39, 0.29) is 22.0 Å². The Morgan fingerprint density at radius 1 is 0.615 bits per heavy atom. The maximum absolute atomic E-state index is 11.4. The van der Waals surface area contributed by atoms with Crippen molar-refractivity contribution in [3.05, 3.63) is 58.7 Å². The van der Waals surface area contributed by atoms with Crippen LogP contribution in [0, 0.1) is 0 Å². The van der Waals surface area contributed by atoms with Crippen molar-refractivity contribution in [3.63, 3.8) is 0 Å². The third-order valence-electron chi connectivity index (χ3n) is 4.43. The summed E-state index contributed by atoms with van der Waals surface area (Å²) in [5.41, 5.74) is 3.44. The van der Waals surface area contributed by atoms with Crippen LogP contribution >= 0.6 is 0 Å². The van der Waals surface area contributed by atoms with Crippen molar-refractivity contribution >= 4 is 11.9 Å². The van der Waals surface area contributed by atoms with Crippen molar-refractivity contribution in [2.45, 2.75) is 52.4 Å². The highest BCUT2D eigenvalue weighted by atomic mass is 16.4. The molecule has 2 N–H and O–H groups in total. The Labute approximate surface area is 154 Å². The first-order chi connectivity index (χ1) is 11.8. The predicted octanol–water partition coefficient (Wildman–Crippen LogP) is 5.35. The zero-order valence-electron chi connectivity index (χ0n) is 16.2. The lowest BCUT2D eigenvalue weighted by atomic mass is 9.79. The lowest BCUT2D eigenvalue weighted by Gasteiger charge is -2.26. The summed E-state index contributed by atoms with van der Waals surface area (Å²) in [6, 6.07) is 10.4. The topological polar surface area (TPSA) is 74.6 Å². The molecule has 26 heavy (non-hydrogen) atoms. The average Bonchev–Trinajstić information content (AvgIpc) is 2.52. The van der Waals surface area contributed by atoms with Crippen LogP contribution < -0.4 is 0 Å². The van der Waals surface area contributed by atoms with Crippen LogP contribution in [-0.2, 0) is 10.8 Å². The van der Waals surface area contributed by atoms with Gasteiger partial charge < -0.3 is 10.2 Å². The second-order valence-electron chi connectivity index (χ2n) is 8.71. The molecule has 2 aromatic carbocycles. The lowest BCUT2D eigenvalue weighted by Crippen LogP contribution is -2.16. The van der Waals surface area contributed by atoms with Gasteiger partial charge >= 0.3 is 11.9 Å². The molecule has 0 amide bonds. The molecule has 0 aliphatic rings. The number of aromatic carboxylic acids is 2. The number of benzene rings is 2. The summed E-state index contributed by atoms with van der Waals surface area (Å²) < 4.78 is 0. The summed E-state index contributed by atoms with van der Waals surface area (Å²) in [6.07, 6.45) is 0. The fraction of sp³-hybridized carbons (Fsp3) is 0.364. The summed E-state index contributed by atoms with van der Waals surface area (Å²) in [5, 5.41) is 18.7. The summed E-state index contributed by atoms with van der Waals surface area (Å²) >= 11 is 0. The van der Waals surface area contributed by atoms with Gasteiger partial charge in [0.1, 0.15) is 0 Å². The van der Waals surface area contributed by atoms with Crippen molar-refractivity contribution in [3.8, 4) is 11.1 Å². The van der Waals surface area contributed by atoms with E-state index in [9.17, 15) is 19.8 Å². The summed E-state index contributed by atoms with van der Waals surface area (Å²) in [7, 11) is 0. The largest absolute Gasteiger partial charge is 0.478 e. The van der Waals surface area contributed by atoms with Gasteiger partial charge in [0.15, 0.2) is 0 Å². The molecular weight excluding hydrogens is 328 g/mol. The van der Waals surface area contributed by atoms with Crippen molar-refractivity contribution in [2.24, 2.45) is 0 Å². The third-order valence-corrected chi connectivity index (χ3v) is 4.43. The second kappa shape index (κ2) is 6.60. The first kappa shape index (κ1) is 19.7. The zero-order chi connectivity index (χ0) is 19.9. The van der Waals surface area contributed by atoms with E-state index in [0.29, 0.717) is 5.56 Å². The van der Waals surface area contributed by atoms with Crippen LogP contribution in [0.1, 0.15) is 73.4 Å². The molecule has 0 fully saturated rings. The number of carboxylic acid groups (broad SMARTS) is 2. The van der Waals surface area contributed by atoms with Crippen LogP contribution in [-0.4, -0.2) is 22.2 Å². The fourth-order valence-electron chi connectivity index (χ4n) is 2.70. The molecule has 0 saturated heterocycles. The van der Waals surface area contributed by atoms with Gasteiger partial charge in [0.05, 0.1) is 11.1 Å². The van der Waals surface area contributed by atoms with Crippen LogP contribution in [0.5, 0.6) is 0 Å². The SMILES string of the molecule is CC(C)(C)c1cc(-c2cc(C(=O)O)cc(C(=O)O)c2)cc(C(C)(C)C)c1. The molecule has 0 aliphatic heterocycles. The van der Waals surface area contributed by atoms with E-state index < -0.39 is 11.9 Å². The van der Waals surface area contributed by atoms with E-state index in [1.807, 2.05) is 12.1 Å². The Hall–Kier alpha value is -2.62. The van der Waals surface area contributed by atoms with Gasteiger partial charge in [-0.1, -0.05) is 59.7 Å². The van der Waals surface area contributed by atoms with Gasteiger partial charge in [-0.15, -0.1) is 0 Å². The molecular formula is C22H26O4. The number of hydrogen-bond donors (Lipinski definition) is 2. The molecule has 0 atom stereocenters. The molecule has 0 unspecified atom stereocenters. The van der Waals surface area contributed by atoms with E-state index in [0.717, 1.165) is 16.7 Å². The Bertz CT molecular complexity index is 800. The number of carbonyl (C=O) groups is 2. The van der Waals surface area contributed by atoms with Gasteiger partial charge in [0.25, 0.3) is 0 Å². The van der Waals surface area contributed by atoms with E-state index in [1.54, 1.807) is 0 Å². The van der Waals surface area contributed by atoms with Gasteiger partial charge in [0, 0.05) is 0 Å². The zero-order valence-corrected chi connectivity index (χ0v) is 16.2. The number of rotatable bonds is 3. The second-order valence-corrected chi connectivity index (χ2v) is 8.71. The lowest BCUT2D eigenvalue weighted by molar-refractivity contribution is 0.0696. The normalized spacial score (nSPS) is 12.1. The minimum atomic E-state index is -1.14. The van der Waals surface area contributed by atoms with Crippen LogP contribution in [0.3, 0.4) is 0 Å². The molecule has 0 aliphatic carbocycles. The Morgan fingerprint density at radius 2 is 0.962 bits per heavy atom. The molecule has 0 aromatic heterocycles. The number of carboxylic acids is 2. The standard InChI is InChI=1S/C22H26O4/c1-21(2,3)17-10-14(11-18(12-17)22(4,5)6)13-7-15(19(23)24)9-16(8-13)20(25)26/h7-12H,1-6H3,(H,23,24)(H,25,26). The van der Waals surface area contributed by atoms with Crippen molar-refractivity contribution in [1.82, 2.24) is 0 Å². The van der Waals surface area contributed by atoms with E-state index >= 15 is 0 Å². The highest BCUT2D eigenvalue weighted by Gasteiger charge is 2.21. The Balaban J connectivity index is 2.78. The monoisotopic (exact) mass is 354 g/mol. The van der Waals surface area contributed by atoms with E-state index in [4.69, 9.17) is 0 Å². The van der Waals surface area contributed by atoms with Gasteiger partial charge in [-0.2, -0.15) is 0 Å². The average molecular weight is 354 g/mol. The maximum Gasteiger partial charge on any atom is 0.335 e. The molecule has 138 valence electrons. The third kappa shape index (κ3) is 4.31. The van der Waals surface area contributed by atoms with Crippen LogP contribution in [0.25, 0.3) is 11.1 Å². The Kier molecular flexibility index (Phi) is 5.00. The molecule has 0 spiro atoms. The maximum atomic E-state index is 11.4. The van der Waals surface area contributed by atoms with E-state index in [2.05, 4.69) is 47.6 Å². The van der Waals surface area contributed by atoms with Gasteiger partial charge in [-0.3, -0.25) is 0 Å². The van der Waals surface area contributed by atoms with Gasteiger partial charge in [0.2, 0.25) is 0 Å². The summed E-state index contributed by atoms with van der Waals surface area (Å²) in [5.74, 6) is -2.28. The fourth-order valence-corrected chi connectivity index (χ4v) is 2.70. The molecule has 2 rings (SSSR count). The molecule has 2 aromatic rings. The smallest absolute Gasteiger partial charge is 0.335 e. The predicted molar refractivity (Wildman–Crippen MR) is 103 cm³/mol. The molecule has 0 bridgehead atoms. The van der Waals surface area contributed by atoms with Crippen molar-refractivity contribution < 1.29 is 19.8 Å². The first-order valence-corrected chi connectivity index (χ1v) is 8.57. The number of hydrogen-bond acceptors (Lipinski definition) is 2. The first-order valence-electron chi connectivity index (χ1n) is 8.57. The quantitative estimate of drug-likeness (QED) is 0.779. The van der Waals surface area contributed by atoms with Crippen LogP contribution in [0.15, 0.2) is 36.4 Å².